The molecule has 0 aliphatic carbocycles. The van der Waals surface area contributed by atoms with Crippen molar-refractivity contribution in [2.75, 3.05) is 6.54 Å². The summed E-state index contributed by atoms with van der Waals surface area (Å²) in [5, 5.41) is 8.24. The molecule has 2 nitrogen and oxygen atoms in total. The van der Waals surface area contributed by atoms with Gasteiger partial charge in [0.05, 0.1) is 6.10 Å². The first-order chi connectivity index (χ1) is 2.27. The van der Waals surface area contributed by atoms with E-state index in [-0.39, 0.29) is 55.7 Å². The Morgan fingerprint density at radius 3 is 1.33 bits per heavy atom. The highest BCUT2D eigenvalue weighted by atomic mass is 35.5. The molecule has 0 aromatic rings. The van der Waals surface area contributed by atoms with Crippen LogP contribution >= 0.6 is 49.6 Å². The molecule has 6 heteroatoms. The molecule has 0 rings (SSSR count). The van der Waals surface area contributed by atoms with Crippen LogP contribution in [-0.4, -0.2) is 17.8 Å². The summed E-state index contributed by atoms with van der Waals surface area (Å²) in [5.41, 5.74) is 4.92. The van der Waals surface area contributed by atoms with Crippen LogP contribution in [-0.2, 0) is 0 Å². The summed E-state index contributed by atoms with van der Waals surface area (Å²) in [6, 6.07) is 0. The number of aliphatic hydroxyl groups excluding tert-OH is 1. The third-order valence-electron chi connectivity index (χ3n) is 0.341. The third-order valence-corrected chi connectivity index (χ3v) is 0.341. The second-order valence-corrected chi connectivity index (χ2v) is 1.08. The molecule has 1 atom stereocenters. The molecule has 0 aliphatic rings. The average molecular weight is 221 g/mol. The summed E-state index contributed by atoms with van der Waals surface area (Å²) in [4.78, 5) is 0. The smallest absolute Gasteiger partial charge is 0.0634 e. The van der Waals surface area contributed by atoms with Gasteiger partial charge in [0.25, 0.3) is 0 Å². The van der Waals surface area contributed by atoms with Crippen molar-refractivity contribution in [3.8, 4) is 0 Å². The third kappa shape index (κ3) is 48.0. The normalized spacial score (nSPS) is 8.33. The lowest BCUT2D eigenvalue weighted by Gasteiger charge is -1.91. The predicted molar refractivity (Wildman–Crippen MR) is 49.7 cm³/mol. The summed E-state index contributed by atoms with van der Waals surface area (Å²) in [6.45, 7) is 2.01. The van der Waals surface area contributed by atoms with Crippen LogP contribution in [0.4, 0.5) is 0 Å². The second kappa shape index (κ2) is 23.0. The van der Waals surface area contributed by atoms with Crippen LogP contribution in [0.1, 0.15) is 6.92 Å². The monoisotopic (exact) mass is 219 g/mol. The van der Waals surface area contributed by atoms with Gasteiger partial charge in [0.1, 0.15) is 0 Å². The topological polar surface area (TPSA) is 46.2 Å². The molecule has 0 spiro atoms. The van der Waals surface area contributed by atoms with Gasteiger partial charge in [-0.2, -0.15) is 0 Å². The Balaban J connectivity index is -0.0000000133. The molecule has 64 valence electrons. The van der Waals surface area contributed by atoms with Crippen LogP contribution in [0, 0.1) is 0 Å². The molecule has 0 aromatic carbocycles. The first-order valence-corrected chi connectivity index (χ1v) is 1.65. The van der Waals surface area contributed by atoms with Crippen molar-refractivity contribution < 1.29 is 5.11 Å². The molecule has 0 fully saturated rings. The van der Waals surface area contributed by atoms with Crippen molar-refractivity contribution in [2.45, 2.75) is 13.0 Å². The Morgan fingerprint density at radius 1 is 1.22 bits per heavy atom. The van der Waals surface area contributed by atoms with E-state index >= 15 is 0 Å². The standard InChI is InChI=1S/C3H9NO.4ClH/c1-3(5)2-4;;;;/h3,5H,2,4H2,1H3;4*1H. The maximum atomic E-state index is 8.24. The fourth-order valence-electron chi connectivity index (χ4n) is 0. The SMILES string of the molecule is CC(O)CN.Cl.Cl.Cl.Cl. The fourth-order valence-corrected chi connectivity index (χ4v) is 0. The highest BCUT2D eigenvalue weighted by molar-refractivity contribution is 5.86. The quantitative estimate of drug-likeness (QED) is 0.694. The largest absolute Gasteiger partial charge is 0.392 e. The summed E-state index contributed by atoms with van der Waals surface area (Å²) in [7, 11) is 0. The maximum absolute atomic E-state index is 8.24. The van der Waals surface area contributed by atoms with E-state index in [1.54, 1.807) is 6.92 Å². The zero-order valence-corrected chi connectivity index (χ0v) is 8.21. The molecule has 0 saturated carbocycles. The molecular formula is C3H13Cl4NO. The lowest BCUT2D eigenvalue weighted by molar-refractivity contribution is 0.203. The van der Waals surface area contributed by atoms with Gasteiger partial charge in [-0.05, 0) is 6.92 Å². The van der Waals surface area contributed by atoms with Gasteiger partial charge in [0.2, 0.25) is 0 Å². The summed E-state index contributed by atoms with van der Waals surface area (Å²) < 4.78 is 0. The Morgan fingerprint density at radius 2 is 1.33 bits per heavy atom. The van der Waals surface area contributed by atoms with Crippen molar-refractivity contribution in [1.29, 1.82) is 0 Å². The Hall–Kier alpha value is 1.08. The first-order valence-electron chi connectivity index (χ1n) is 1.65. The van der Waals surface area contributed by atoms with E-state index in [0.29, 0.717) is 6.54 Å². The molecule has 0 radical (unpaired) electrons. The highest BCUT2D eigenvalue weighted by Crippen LogP contribution is 1.65. The van der Waals surface area contributed by atoms with Gasteiger partial charge in [-0.25, -0.2) is 0 Å². The van der Waals surface area contributed by atoms with E-state index in [0.717, 1.165) is 0 Å². The molecular weight excluding hydrogens is 208 g/mol. The van der Waals surface area contributed by atoms with Gasteiger partial charge in [0.15, 0.2) is 0 Å². The molecule has 0 bridgehead atoms. The van der Waals surface area contributed by atoms with Crippen molar-refractivity contribution in [2.24, 2.45) is 5.73 Å². The van der Waals surface area contributed by atoms with E-state index in [1.165, 1.54) is 0 Å². The van der Waals surface area contributed by atoms with Gasteiger partial charge >= 0.3 is 0 Å². The van der Waals surface area contributed by atoms with Crippen LogP contribution in [0.25, 0.3) is 0 Å². The fraction of sp³-hybridized carbons (Fsp3) is 1.00. The maximum Gasteiger partial charge on any atom is 0.0634 e. The minimum Gasteiger partial charge on any atom is -0.392 e. The number of aliphatic hydroxyl groups is 1. The first kappa shape index (κ1) is 32.2. The number of rotatable bonds is 1. The number of nitrogens with two attached hydrogens (primary N) is 1. The highest BCUT2D eigenvalue weighted by Gasteiger charge is 1.81. The summed E-state index contributed by atoms with van der Waals surface area (Å²) >= 11 is 0. The van der Waals surface area contributed by atoms with E-state index in [2.05, 4.69) is 0 Å². The zero-order valence-electron chi connectivity index (χ0n) is 4.94. The zero-order chi connectivity index (χ0) is 4.28. The molecule has 9 heavy (non-hydrogen) atoms. The van der Waals surface area contributed by atoms with E-state index < -0.39 is 0 Å². The Kier molecular flexibility index (Phi) is 82.2. The van der Waals surface area contributed by atoms with Crippen molar-refractivity contribution in [1.82, 2.24) is 0 Å². The Labute approximate surface area is 80.2 Å². The lowest BCUT2D eigenvalue weighted by atomic mass is 10.4. The van der Waals surface area contributed by atoms with Crippen LogP contribution in [0.2, 0.25) is 0 Å². The van der Waals surface area contributed by atoms with E-state index in [1.807, 2.05) is 0 Å². The Bertz CT molecular complexity index is 29.8. The van der Waals surface area contributed by atoms with Crippen molar-refractivity contribution in [3.05, 3.63) is 0 Å². The van der Waals surface area contributed by atoms with Crippen LogP contribution < -0.4 is 5.73 Å². The van der Waals surface area contributed by atoms with Crippen molar-refractivity contribution in [3.63, 3.8) is 0 Å². The number of hydrogen-bond donors (Lipinski definition) is 2. The molecule has 0 heterocycles. The van der Waals surface area contributed by atoms with Crippen LogP contribution in [0.5, 0.6) is 0 Å². The lowest BCUT2D eigenvalue weighted by Crippen LogP contribution is -2.14. The van der Waals surface area contributed by atoms with E-state index in [4.69, 9.17) is 10.8 Å². The molecule has 0 aromatic heterocycles. The molecule has 3 N–H and O–H groups in total. The van der Waals surface area contributed by atoms with Crippen LogP contribution in [0.3, 0.4) is 0 Å². The summed E-state index contributed by atoms with van der Waals surface area (Å²) in [5.74, 6) is 0. The molecule has 0 aliphatic heterocycles. The van der Waals surface area contributed by atoms with Gasteiger partial charge in [-0.15, -0.1) is 49.6 Å². The van der Waals surface area contributed by atoms with Gasteiger partial charge < -0.3 is 10.8 Å². The van der Waals surface area contributed by atoms with Crippen molar-refractivity contribution >= 4 is 49.6 Å². The van der Waals surface area contributed by atoms with Crippen LogP contribution in [0.15, 0.2) is 0 Å². The molecule has 0 saturated heterocycles. The van der Waals surface area contributed by atoms with Gasteiger partial charge in [-0.3, -0.25) is 0 Å². The second-order valence-electron chi connectivity index (χ2n) is 1.08. The van der Waals surface area contributed by atoms with E-state index in [9.17, 15) is 0 Å². The summed E-state index contributed by atoms with van der Waals surface area (Å²) in [6.07, 6.45) is -0.338. The minimum atomic E-state index is -0.338. The number of hydrogen-bond acceptors (Lipinski definition) is 2. The van der Waals surface area contributed by atoms with Gasteiger partial charge in [0, 0.05) is 6.54 Å². The molecule has 1 unspecified atom stereocenters. The minimum absolute atomic E-state index is 0. The molecule has 0 amide bonds. The average Bonchev–Trinajstić information content (AvgIpc) is 1.38. The number of halogens is 4. The van der Waals surface area contributed by atoms with Gasteiger partial charge in [-0.1, -0.05) is 0 Å². The predicted octanol–water partition coefficient (Wildman–Crippen LogP) is 1.01.